The van der Waals surface area contributed by atoms with Gasteiger partial charge in [-0.3, -0.25) is 4.98 Å². The smallest absolute Gasteiger partial charge is 0.140 e. The average Bonchev–Trinajstić information content (AvgIpc) is 3.96. The molecule has 0 bridgehead atoms. The topological polar surface area (TPSA) is 40.6 Å². The second kappa shape index (κ2) is 26.9. The molecular weight excluding hydrogens is 575 g/mol. The van der Waals surface area contributed by atoms with Crippen LogP contribution in [-0.2, 0) is 25.7 Å². The number of benzene rings is 3. The van der Waals surface area contributed by atoms with Gasteiger partial charge in [0.2, 0.25) is 0 Å². The van der Waals surface area contributed by atoms with E-state index in [1.165, 1.54) is 39.3 Å². The van der Waals surface area contributed by atoms with Crippen LogP contribution < -0.4 is 14.2 Å². The standard InChI is InChI=1S/2C8H8O.C8H8S.C7H7NO.4C2H6.CH4/c3*1-2-4-8-7(3-1)5-6-9-8;1-3-8-5-7-6(1)2-4-9-7;4*1-2;/h3*1-4H,5-6H2;1,3,5H,2,4H2;4*1-2H3;1H4. The van der Waals surface area contributed by atoms with Gasteiger partial charge < -0.3 is 14.2 Å². The normalized spacial score (nSPS) is 12.4. The maximum atomic E-state index is 5.30. The zero-order valence-electron chi connectivity index (χ0n) is 28.4. The van der Waals surface area contributed by atoms with E-state index in [0.29, 0.717) is 0 Å². The van der Waals surface area contributed by atoms with Gasteiger partial charge in [-0.15, -0.1) is 11.8 Å². The van der Waals surface area contributed by atoms with Gasteiger partial charge in [0.15, 0.2) is 0 Å². The minimum Gasteiger partial charge on any atom is -0.493 e. The van der Waals surface area contributed by atoms with E-state index in [4.69, 9.17) is 14.2 Å². The molecule has 0 amide bonds. The van der Waals surface area contributed by atoms with Crippen LogP contribution in [0.3, 0.4) is 0 Å². The quantitative estimate of drug-likeness (QED) is 0.193. The number of hydrogen-bond acceptors (Lipinski definition) is 5. The molecule has 0 aliphatic carbocycles. The van der Waals surface area contributed by atoms with Gasteiger partial charge in [-0.2, -0.15) is 0 Å². The highest BCUT2D eigenvalue weighted by Crippen LogP contribution is 2.30. The number of rotatable bonds is 0. The fourth-order valence-electron chi connectivity index (χ4n) is 4.38. The van der Waals surface area contributed by atoms with Crippen molar-refractivity contribution < 1.29 is 14.2 Å². The van der Waals surface area contributed by atoms with Crippen LogP contribution in [0.4, 0.5) is 0 Å². The Morgan fingerprint density at radius 2 is 0.911 bits per heavy atom. The third-order valence-corrected chi connectivity index (χ3v) is 7.42. The van der Waals surface area contributed by atoms with Crippen LogP contribution in [0.15, 0.2) is 96.2 Å². The van der Waals surface area contributed by atoms with Crippen LogP contribution in [0.2, 0.25) is 0 Å². The highest BCUT2D eigenvalue weighted by Gasteiger charge is 2.10. The van der Waals surface area contributed by atoms with E-state index in [2.05, 4.69) is 41.4 Å². The molecule has 0 fully saturated rings. The van der Waals surface area contributed by atoms with Crippen molar-refractivity contribution in [3.05, 3.63) is 114 Å². The van der Waals surface area contributed by atoms with Crippen molar-refractivity contribution in [2.45, 2.75) is 93.4 Å². The zero-order chi connectivity index (χ0) is 32.4. The molecule has 8 rings (SSSR count). The number of aromatic nitrogens is 1. The molecule has 4 nitrogen and oxygen atoms in total. The van der Waals surface area contributed by atoms with E-state index < -0.39 is 0 Å². The lowest BCUT2D eigenvalue weighted by Crippen LogP contribution is -1.85. The molecule has 0 saturated carbocycles. The van der Waals surface area contributed by atoms with Crippen molar-refractivity contribution in [2.75, 3.05) is 25.6 Å². The third kappa shape index (κ3) is 14.5. The van der Waals surface area contributed by atoms with E-state index in [1.54, 1.807) is 12.4 Å². The van der Waals surface area contributed by atoms with Crippen LogP contribution >= 0.6 is 11.8 Å². The summed E-state index contributed by atoms with van der Waals surface area (Å²) in [5.74, 6) is 4.37. The lowest BCUT2D eigenvalue weighted by molar-refractivity contribution is 0.355. The number of fused-ring (bicyclic) bond motifs is 4. The molecule has 0 spiro atoms. The summed E-state index contributed by atoms with van der Waals surface area (Å²) in [5.41, 5.74) is 5.50. The van der Waals surface area contributed by atoms with Crippen molar-refractivity contribution >= 4 is 11.8 Å². The van der Waals surface area contributed by atoms with Crippen LogP contribution in [0, 0.1) is 0 Å². The first-order valence-electron chi connectivity index (χ1n) is 16.5. The minimum absolute atomic E-state index is 0. The zero-order valence-corrected chi connectivity index (χ0v) is 29.2. The molecule has 0 N–H and O–H groups in total. The molecule has 0 atom stereocenters. The Morgan fingerprint density at radius 3 is 1.38 bits per heavy atom. The highest BCUT2D eigenvalue weighted by molar-refractivity contribution is 7.99. The molecule has 0 radical (unpaired) electrons. The molecule has 4 aliphatic rings. The van der Waals surface area contributed by atoms with Crippen molar-refractivity contribution in [3.8, 4) is 17.2 Å². The molecule has 0 unspecified atom stereocenters. The van der Waals surface area contributed by atoms with E-state index >= 15 is 0 Å². The molecule has 5 heterocycles. The third-order valence-electron chi connectivity index (χ3n) is 6.30. The Bertz CT molecular complexity index is 988. The molecule has 4 aromatic rings. The Labute approximate surface area is 280 Å². The van der Waals surface area contributed by atoms with Gasteiger partial charge in [-0.05, 0) is 47.4 Å². The van der Waals surface area contributed by atoms with Gasteiger partial charge in [-0.1, -0.05) is 117 Å². The average molecular weight is 634 g/mol. The van der Waals surface area contributed by atoms with Crippen molar-refractivity contribution in [1.82, 2.24) is 4.98 Å². The van der Waals surface area contributed by atoms with Gasteiger partial charge in [0.25, 0.3) is 0 Å². The number of hydrogen-bond donors (Lipinski definition) is 0. The van der Waals surface area contributed by atoms with Gasteiger partial charge in [0, 0.05) is 41.7 Å². The SMILES string of the molecule is C.CC.CC.CC.CC.c1cc2c(cn1)OCC2.c1ccc2c(c1)CCO2.c1ccc2c(c1)CCO2.c1ccc2c(c1)CCS2. The summed E-state index contributed by atoms with van der Waals surface area (Å²) in [6.07, 6.45) is 8.03. The monoisotopic (exact) mass is 633 g/mol. The van der Waals surface area contributed by atoms with Gasteiger partial charge in [-0.25, -0.2) is 0 Å². The van der Waals surface area contributed by atoms with E-state index in [-0.39, 0.29) is 7.43 Å². The number of para-hydroxylation sites is 2. The predicted molar refractivity (Wildman–Crippen MR) is 198 cm³/mol. The van der Waals surface area contributed by atoms with Crippen molar-refractivity contribution in [1.29, 1.82) is 0 Å². The summed E-state index contributed by atoms with van der Waals surface area (Å²) in [4.78, 5) is 5.42. The van der Waals surface area contributed by atoms with Crippen LogP contribution in [0.25, 0.3) is 0 Å². The van der Waals surface area contributed by atoms with Crippen LogP contribution in [0.1, 0.15) is 85.1 Å². The molecule has 4 aliphatic heterocycles. The second-order valence-electron chi connectivity index (χ2n) is 8.70. The number of aryl methyl sites for hydroxylation is 1. The molecule has 3 aromatic carbocycles. The summed E-state index contributed by atoms with van der Waals surface area (Å²) in [7, 11) is 0. The molecule has 1 aromatic heterocycles. The maximum absolute atomic E-state index is 5.30. The minimum atomic E-state index is 0. The molecule has 45 heavy (non-hydrogen) atoms. The summed E-state index contributed by atoms with van der Waals surface area (Å²) in [5, 5.41) is 0. The highest BCUT2D eigenvalue weighted by atomic mass is 32.2. The van der Waals surface area contributed by atoms with Crippen LogP contribution in [0.5, 0.6) is 17.2 Å². The molecule has 248 valence electrons. The number of nitrogens with zero attached hydrogens (tertiary/aromatic N) is 1. The second-order valence-corrected chi connectivity index (χ2v) is 9.84. The fraction of sp³-hybridized carbons (Fsp3) is 0.425. The summed E-state index contributed by atoms with van der Waals surface area (Å²) < 4.78 is 15.8. The lowest BCUT2D eigenvalue weighted by Gasteiger charge is -1.93. The maximum Gasteiger partial charge on any atom is 0.140 e. The Morgan fingerprint density at radius 1 is 0.489 bits per heavy atom. The first-order chi connectivity index (χ1) is 21.9. The number of ether oxygens (including phenoxy) is 3. The fourth-order valence-corrected chi connectivity index (χ4v) is 5.45. The van der Waals surface area contributed by atoms with E-state index in [1.807, 2.05) is 110 Å². The van der Waals surface area contributed by atoms with Crippen molar-refractivity contribution in [3.63, 3.8) is 0 Å². The van der Waals surface area contributed by atoms with E-state index in [9.17, 15) is 0 Å². The first kappa shape index (κ1) is 41.6. The molecule has 0 saturated heterocycles. The summed E-state index contributed by atoms with van der Waals surface area (Å²) >= 11 is 1.97. The molecule has 5 heteroatoms. The Kier molecular flexibility index (Phi) is 24.9. The molecular formula is C40H59NO3S. The Balaban J connectivity index is 0.000000530. The van der Waals surface area contributed by atoms with Gasteiger partial charge >= 0.3 is 0 Å². The van der Waals surface area contributed by atoms with E-state index in [0.717, 1.165) is 56.3 Å². The van der Waals surface area contributed by atoms with Gasteiger partial charge in [0.1, 0.15) is 17.2 Å². The predicted octanol–water partition coefficient (Wildman–Crippen LogP) is 11.3. The number of pyridine rings is 1. The first-order valence-corrected chi connectivity index (χ1v) is 17.5. The summed E-state index contributed by atoms with van der Waals surface area (Å²) in [6, 6.07) is 27.0. The van der Waals surface area contributed by atoms with Gasteiger partial charge in [0.05, 0.1) is 26.0 Å². The summed E-state index contributed by atoms with van der Waals surface area (Å²) in [6.45, 7) is 18.5. The lowest BCUT2D eigenvalue weighted by atomic mass is 10.2. The Hall–Kier alpha value is -3.44. The largest absolute Gasteiger partial charge is 0.493 e. The number of thioether (sulfide) groups is 1. The van der Waals surface area contributed by atoms with Crippen LogP contribution in [-0.4, -0.2) is 30.6 Å². The van der Waals surface area contributed by atoms with Crippen molar-refractivity contribution in [2.24, 2.45) is 0 Å².